The molecular weight excluding hydrogens is 342 g/mol. The second-order valence-electron chi connectivity index (χ2n) is 6.29. The van der Waals surface area contributed by atoms with Crippen LogP contribution in [-0.4, -0.2) is 30.1 Å². The summed E-state index contributed by atoms with van der Waals surface area (Å²) >= 11 is 0. The van der Waals surface area contributed by atoms with Crippen LogP contribution in [0.3, 0.4) is 0 Å². The van der Waals surface area contributed by atoms with Crippen molar-refractivity contribution >= 4 is 5.91 Å². The number of hydrogen-bond acceptors (Lipinski definition) is 4. The van der Waals surface area contributed by atoms with E-state index in [2.05, 4.69) is 15.3 Å². The van der Waals surface area contributed by atoms with E-state index in [1.54, 1.807) is 26.5 Å². The third-order valence-corrected chi connectivity index (χ3v) is 4.32. The lowest BCUT2D eigenvalue weighted by molar-refractivity contribution is 0.0938. The number of nitrogens with zero attached hydrogens (tertiary/aromatic N) is 1. The minimum Gasteiger partial charge on any atom is -0.497 e. The highest BCUT2D eigenvalue weighted by Crippen LogP contribution is 2.33. The smallest absolute Gasteiger partial charge is 0.251 e. The summed E-state index contributed by atoms with van der Waals surface area (Å²) in [5, 5.41) is 2.97. The Morgan fingerprint density at radius 1 is 1.15 bits per heavy atom. The fraction of sp³-hybridized carbons (Fsp3) is 0.238. The van der Waals surface area contributed by atoms with E-state index in [9.17, 15) is 4.79 Å². The van der Waals surface area contributed by atoms with Gasteiger partial charge in [0.1, 0.15) is 17.3 Å². The average Bonchev–Trinajstić information content (AvgIpc) is 3.14. The molecule has 27 heavy (non-hydrogen) atoms. The SMILES string of the molecule is COc1ccc(-c2cccc(C(=O)NC(C)c3ncc(C)[nH]3)c2)c(OC)c1. The fourth-order valence-corrected chi connectivity index (χ4v) is 2.87. The number of imidazole rings is 1. The molecule has 0 aliphatic carbocycles. The first-order chi connectivity index (χ1) is 13.0. The van der Waals surface area contributed by atoms with Gasteiger partial charge in [0.15, 0.2) is 0 Å². The standard InChI is InChI=1S/C21H23N3O3/c1-13-12-22-20(23-13)14(2)24-21(25)16-7-5-6-15(10-16)18-9-8-17(26-3)11-19(18)27-4/h5-12,14H,1-4H3,(H,22,23)(H,24,25). The van der Waals surface area contributed by atoms with E-state index in [0.717, 1.165) is 22.6 Å². The Labute approximate surface area is 158 Å². The number of methoxy groups -OCH3 is 2. The maximum atomic E-state index is 12.7. The van der Waals surface area contributed by atoms with Crippen LogP contribution in [0.25, 0.3) is 11.1 Å². The highest BCUT2D eigenvalue weighted by atomic mass is 16.5. The first kappa shape index (κ1) is 18.5. The maximum Gasteiger partial charge on any atom is 0.251 e. The number of carbonyl (C=O) groups excluding carboxylic acids is 1. The van der Waals surface area contributed by atoms with Crippen LogP contribution in [0.1, 0.15) is 34.8 Å². The number of aryl methyl sites for hydroxylation is 1. The number of ether oxygens (including phenoxy) is 2. The molecule has 0 spiro atoms. The quantitative estimate of drug-likeness (QED) is 0.695. The number of H-pyrrole nitrogens is 1. The number of amides is 1. The van der Waals surface area contributed by atoms with Gasteiger partial charge in [-0.3, -0.25) is 4.79 Å². The van der Waals surface area contributed by atoms with Gasteiger partial charge in [0.25, 0.3) is 5.91 Å². The first-order valence-corrected chi connectivity index (χ1v) is 8.66. The van der Waals surface area contributed by atoms with Crippen molar-refractivity contribution < 1.29 is 14.3 Å². The maximum absolute atomic E-state index is 12.7. The molecule has 0 fully saturated rings. The molecule has 1 atom stereocenters. The molecule has 1 aromatic heterocycles. The molecule has 6 heteroatoms. The van der Waals surface area contributed by atoms with Crippen molar-refractivity contribution in [1.29, 1.82) is 0 Å². The summed E-state index contributed by atoms with van der Waals surface area (Å²) in [7, 11) is 3.23. The van der Waals surface area contributed by atoms with Gasteiger partial charge in [-0.2, -0.15) is 0 Å². The van der Waals surface area contributed by atoms with Gasteiger partial charge in [-0.1, -0.05) is 12.1 Å². The molecule has 0 bridgehead atoms. The van der Waals surface area contributed by atoms with Gasteiger partial charge in [-0.15, -0.1) is 0 Å². The van der Waals surface area contributed by atoms with Crippen LogP contribution < -0.4 is 14.8 Å². The van der Waals surface area contributed by atoms with Gasteiger partial charge >= 0.3 is 0 Å². The summed E-state index contributed by atoms with van der Waals surface area (Å²) in [6, 6.07) is 12.8. The molecule has 0 saturated heterocycles. The van der Waals surface area contributed by atoms with E-state index < -0.39 is 0 Å². The number of carbonyl (C=O) groups is 1. The van der Waals surface area contributed by atoms with Crippen LogP contribution in [0.2, 0.25) is 0 Å². The molecule has 140 valence electrons. The van der Waals surface area contributed by atoms with Crippen molar-refractivity contribution in [2.24, 2.45) is 0 Å². The zero-order valence-corrected chi connectivity index (χ0v) is 15.9. The lowest BCUT2D eigenvalue weighted by Crippen LogP contribution is -2.27. The lowest BCUT2D eigenvalue weighted by Gasteiger charge is -2.14. The average molecular weight is 365 g/mol. The molecule has 0 aliphatic heterocycles. The number of benzene rings is 2. The Balaban J connectivity index is 1.84. The van der Waals surface area contributed by atoms with Crippen molar-refractivity contribution in [3.8, 4) is 22.6 Å². The fourth-order valence-electron chi connectivity index (χ4n) is 2.87. The van der Waals surface area contributed by atoms with Crippen molar-refractivity contribution in [1.82, 2.24) is 15.3 Å². The molecule has 1 heterocycles. The first-order valence-electron chi connectivity index (χ1n) is 8.66. The highest BCUT2D eigenvalue weighted by Gasteiger charge is 2.15. The molecule has 1 unspecified atom stereocenters. The Bertz CT molecular complexity index is 949. The number of aromatic amines is 1. The molecule has 0 saturated carbocycles. The predicted molar refractivity (Wildman–Crippen MR) is 104 cm³/mol. The summed E-state index contributed by atoms with van der Waals surface area (Å²) < 4.78 is 10.7. The van der Waals surface area contributed by atoms with Gasteiger partial charge < -0.3 is 19.8 Å². The summed E-state index contributed by atoms with van der Waals surface area (Å²) in [6.45, 7) is 3.82. The Morgan fingerprint density at radius 2 is 1.96 bits per heavy atom. The molecule has 0 radical (unpaired) electrons. The highest BCUT2D eigenvalue weighted by molar-refractivity contribution is 5.95. The van der Waals surface area contributed by atoms with Gasteiger partial charge in [-0.05, 0) is 43.7 Å². The Hall–Kier alpha value is -3.28. The largest absolute Gasteiger partial charge is 0.497 e. The van der Waals surface area contributed by atoms with Crippen LogP contribution in [0, 0.1) is 6.92 Å². The number of nitrogens with one attached hydrogen (secondary N) is 2. The van der Waals surface area contributed by atoms with E-state index in [1.807, 2.05) is 50.2 Å². The van der Waals surface area contributed by atoms with E-state index in [0.29, 0.717) is 17.1 Å². The normalized spacial score (nSPS) is 11.7. The number of rotatable bonds is 6. The molecule has 2 N–H and O–H groups in total. The van der Waals surface area contributed by atoms with E-state index in [4.69, 9.17) is 9.47 Å². The van der Waals surface area contributed by atoms with Crippen molar-refractivity contribution in [2.75, 3.05) is 14.2 Å². The molecular formula is C21H23N3O3. The van der Waals surface area contributed by atoms with Crippen LogP contribution in [0.15, 0.2) is 48.7 Å². The number of hydrogen-bond donors (Lipinski definition) is 2. The van der Waals surface area contributed by atoms with Crippen molar-refractivity contribution in [3.63, 3.8) is 0 Å². The van der Waals surface area contributed by atoms with E-state index >= 15 is 0 Å². The number of aromatic nitrogens is 2. The minimum atomic E-state index is -0.217. The Morgan fingerprint density at radius 3 is 2.63 bits per heavy atom. The van der Waals surface area contributed by atoms with Gasteiger partial charge in [0.2, 0.25) is 0 Å². The van der Waals surface area contributed by atoms with Crippen LogP contribution in [0.4, 0.5) is 0 Å². The monoisotopic (exact) mass is 365 g/mol. The molecule has 6 nitrogen and oxygen atoms in total. The van der Waals surface area contributed by atoms with Gasteiger partial charge in [-0.25, -0.2) is 4.98 Å². The van der Waals surface area contributed by atoms with Gasteiger partial charge in [0.05, 0.1) is 20.3 Å². The molecule has 0 aliphatic rings. The summed E-state index contributed by atoms with van der Waals surface area (Å²) in [4.78, 5) is 20.1. The zero-order valence-electron chi connectivity index (χ0n) is 15.9. The van der Waals surface area contributed by atoms with Crippen LogP contribution in [0.5, 0.6) is 11.5 Å². The molecule has 1 amide bonds. The molecule has 3 rings (SSSR count). The second kappa shape index (κ2) is 7.95. The third kappa shape index (κ3) is 4.11. The van der Waals surface area contributed by atoms with E-state index in [-0.39, 0.29) is 11.9 Å². The topological polar surface area (TPSA) is 76.2 Å². The minimum absolute atomic E-state index is 0.161. The Kier molecular flexibility index (Phi) is 5.45. The molecule has 2 aromatic carbocycles. The second-order valence-corrected chi connectivity index (χ2v) is 6.29. The predicted octanol–water partition coefficient (Wildman–Crippen LogP) is 3.89. The van der Waals surface area contributed by atoms with Crippen LogP contribution in [-0.2, 0) is 0 Å². The lowest BCUT2D eigenvalue weighted by atomic mass is 10.0. The summed E-state index contributed by atoms with van der Waals surface area (Å²) in [5.74, 6) is 1.97. The summed E-state index contributed by atoms with van der Waals surface area (Å²) in [5.41, 5.74) is 3.31. The van der Waals surface area contributed by atoms with Gasteiger partial charge in [0, 0.05) is 29.1 Å². The zero-order chi connectivity index (χ0) is 19.4. The third-order valence-electron chi connectivity index (χ3n) is 4.32. The van der Waals surface area contributed by atoms with E-state index in [1.165, 1.54) is 0 Å². The van der Waals surface area contributed by atoms with Crippen molar-refractivity contribution in [3.05, 3.63) is 65.7 Å². The van der Waals surface area contributed by atoms with Crippen LogP contribution >= 0.6 is 0 Å². The summed E-state index contributed by atoms with van der Waals surface area (Å²) in [6.07, 6.45) is 1.74. The molecule has 3 aromatic rings. The van der Waals surface area contributed by atoms with Crippen molar-refractivity contribution in [2.45, 2.75) is 19.9 Å².